The van der Waals surface area contributed by atoms with Crippen LogP contribution in [0.2, 0.25) is 0 Å². The van der Waals surface area contributed by atoms with Crippen molar-refractivity contribution in [3.63, 3.8) is 0 Å². The Balaban J connectivity index is 1.49. The van der Waals surface area contributed by atoms with E-state index < -0.39 is 0 Å². The van der Waals surface area contributed by atoms with Gasteiger partial charge >= 0.3 is 0 Å². The van der Waals surface area contributed by atoms with Crippen LogP contribution in [0.25, 0.3) is 16.8 Å². The van der Waals surface area contributed by atoms with Crippen molar-refractivity contribution < 1.29 is 9.18 Å². The van der Waals surface area contributed by atoms with Crippen LogP contribution < -0.4 is 0 Å². The van der Waals surface area contributed by atoms with Crippen molar-refractivity contribution in [1.29, 1.82) is 0 Å². The van der Waals surface area contributed by atoms with Crippen LogP contribution in [0, 0.1) is 5.82 Å². The second-order valence-corrected chi connectivity index (χ2v) is 6.39. The lowest BCUT2D eigenvalue weighted by Crippen LogP contribution is -2.47. The Morgan fingerprint density at radius 3 is 2.36 bits per heavy atom. The first-order chi connectivity index (χ1) is 12.1. The molecule has 25 heavy (non-hydrogen) atoms. The number of hydrogen-bond donors (Lipinski definition) is 0. The fraction of sp³-hybridized carbons (Fsp3) is 0.200. The van der Waals surface area contributed by atoms with E-state index in [4.69, 9.17) is 0 Å². The molecule has 1 aliphatic heterocycles. The molecule has 1 fully saturated rings. The molecule has 1 aromatic heterocycles. The largest absolute Gasteiger partial charge is 0.342 e. The van der Waals surface area contributed by atoms with Crippen LogP contribution in [-0.2, 0) is 4.79 Å². The van der Waals surface area contributed by atoms with E-state index in [2.05, 4.69) is 29.4 Å². The molecule has 4 rings (SSSR count). The summed E-state index contributed by atoms with van der Waals surface area (Å²) in [6.45, 7) is 3.21. The van der Waals surface area contributed by atoms with Gasteiger partial charge in [0.15, 0.2) is 0 Å². The van der Waals surface area contributed by atoms with Gasteiger partial charge in [-0.15, -0.1) is 0 Å². The van der Waals surface area contributed by atoms with Gasteiger partial charge < -0.3 is 4.90 Å². The molecule has 0 spiro atoms. The van der Waals surface area contributed by atoms with Gasteiger partial charge in [-0.3, -0.25) is 4.79 Å². The summed E-state index contributed by atoms with van der Waals surface area (Å²) in [6.07, 6.45) is 3.74. The Hall–Kier alpha value is -2.95. The lowest BCUT2D eigenvalue weighted by molar-refractivity contribution is -0.133. The number of nitrogens with zero attached hydrogens (tertiary/aromatic N) is 3. The summed E-state index contributed by atoms with van der Waals surface area (Å²) in [5.41, 5.74) is 4.17. The van der Waals surface area contributed by atoms with Crippen LogP contribution in [-0.4, -0.2) is 33.7 Å². The molecular weight excluding hydrogens is 317 g/mol. The molecule has 3 aromatic rings. The van der Waals surface area contributed by atoms with Gasteiger partial charge in [0.1, 0.15) is 5.82 Å². The fourth-order valence-corrected chi connectivity index (χ4v) is 3.10. The number of rotatable bonds is 3. The third-order valence-corrected chi connectivity index (χ3v) is 4.72. The highest BCUT2D eigenvalue weighted by Crippen LogP contribution is 2.29. The summed E-state index contributed by atoms with van der Waals surface area (Å²) in [7, 11) is 0. The second kappa shape index (κ2) is 6.16. The number of benzene rings is 2. The first-order valence-corrected chi connectivity index (χ1v) is 8.26. The molecule has 2 heterocycles. The molecule has 126 valence electrons. The molecule has 4 nitrogen and oxygen atoms in total. The molecular formula is C20H18FN3O. The Kier molecular flexibility index (Phi) is 3.84. The maximum atomic E-state index is 13.0. The summed E-state index contributed by atoms with van der Waals surface area (Å²) in [4.78, 5) is 13.1. The number of amides is 1. The molecule has 2 aromatic carbocycles. The highest BCUT2D eigenvalue weighted by molar-refractivity contribution is 5.74. The average molecular weight is 335 g/mol. The minimum absolute atomic E-state index is 0.140. The lowest BCUT2D eigenvalue weighted by atomic mass is 9.90. The zero-order valence-electron chi connectivity index (χ0n) is 13.9. The maximum absolute atomic E-state index is 13.0. The van der Waals surface area contributed by atoms with Gasteiger partial charge in [-0.1, -0.05) is 24.3 Å². The van der Waals surface area contributed by atoms with Crippen LogP contribution in [0.3, 0.4) is 0 Å². The molecule has 0 N–H and O–H groups in total. The topological polar surface area (TPSA) is 38.1 Å². The van der Waals surface area contributed by atoms with Gasteiger partial charge in [0.05, 0.1) is 11.9 Å². The molecule has 0 radical (unpaired) electrons. The van der Waals surface area contributed by atoms with Gasteiger partial charge in [-0.2, -0.15) is 5.10 Å². The number of carbonyl (C=O) groups excluding carboxylic acids is 1. The Labute approximate surface area is 145 Å². The predicted octanol–water partition coefficient (Wildman–Crippen LogP) is 3.62. The van der Waals surface area contributed by atoms with Crippen molar-refractivity contribution in [2.45, 2.75) is 12.8 Å². The summed E-state index contributed by atoms with van der Waals surface area (Å²) in [6, 6.07) is 14.6. The second-order valence-electron chi connectivity index (χ2n) is 6.39. The summed E-state index contributed by atoms with van der Waals surface area (Å²) < 4.78 is 14.8. The van der Waals surface area contributed by atoms with E-state index in [9.17, 15) is 9.18 Å². The minimum Gasteiger partial charge on any atom is -0.342 e. The van der Waals surface area contributed by atoms with E-state index in [0.717, 1.165) is 29.9 Å². The molecule has 0 atom stereocenters. The Morgan fingerprint density at radius 1 is 1.04 bits per heavy atom. The molecule has 0 saturated carbocycles. The molecule has 1 saturated heterocycles. The van der Waals surface area contributed by atoms with E-state index in [-0.39, 0.29) is 11.7 Å². The number of halogens is 1. The quantitative estimate of drug-likeness (QED) is 0.733. The number of likely N-dealkylation sites (tertiary alicyclic amines) is 1. The number of aromatic nitrogens is 2. The zero-order chi connectivity index (χ0) is 17.4. The standard InChI is InChI=1S/C20H18FN3O/c1-14(25)23-11-18(12-23)16-4-2-15(3-5-16)17-10-22-24(13-17)20-8-6-19(21)7-9-20/h2-10,13,18H,11-12H2,1H3. The van der Waals surface area contributed by atoms with E-state index >= 15 is 0 Å². The van der Waals surface area contributed by atoms with Crippen molar-refractivity contribution in [3.8, 4) is 16.8 Å². The lowest BCUT2D eigenvalue weighted by Gasteiger charge is -2.39. The average Bonchev–Trinajstić information content (AvgIpc) is 3.04. The van der Waals surface area contributed by atoms with Gasteiger partial charge in [-0.25, -0.2) is 9.07 Å². The number of carbonyl (C=O) groups is 1. The summed E-state index contributed by atoms with van der Waals surface area (Å²) in [5.74, 6) is 0.312. The Morgan fingerprint density at radius 2 is 1.72 bits per heavy atom. The van der Waals surface area contributed by atoms with E-state index in [0.29, 0.717) is 5.92 Å². The van der Waals surface area contributed by atoms with Gasteiger partial charge in [0, 0.05) is 37.7 Å². The first-order valence-electron chi connectivity index (χ1n) is 8.26. The first kappa shape index (κ1) is 15.6. The molecule has 5 heteroatoms. The Bertz CT molecular complexity index is 893. The monoisotopic (exact) mass is 335 g/mol. The van der Waals surface area contributed by atoms with Gasteiger partial charge in [0.2, 0.25) is 5.91 Å². The SMILES string of the molecule is CC(=O)N1CC(c2ccc(-c3cnn(-c4ccc(F)cc4)c3)cc2)C1. The van der Waals surface area contributed by atoms with Crippen molar-refractivity contribution in [1.82, 2.24) is 14.7 Å². The van der Waals surface area contributed by atoms with Gasteiger partial charge in [0.25, 0.3) is 0 Å². The maximum Gasteiger partial charge on any atom is 0.219 e. The summed E-state index contributed by atoms with van der Waals surface area (Å²) >= 11 is 0. The van der Waals surface area contributed by atoms with Crippen molar-refractivity contribution >= 4 is 5.91 Å². The molecule has 0 aliphatic carbocycles. The van der Waals surface area contributed by atoms with Crippen LogP contribution in [0.4, 0.5) is 4.39 Å². The number of hydrogen-bond acceptors (Lipinski definition) is 2. The summed E-state index contributed by atoms with van der Waals surface area (Å²) in [5, 5.41) is 4.36. The van der Waals surface area contributed by atoms with E-state index in [1.807, 2.05) is 11.1 Å². The smallest absolute Gasteiger partial charge is 0.219 e. The third kappa shape index (κ3) is 3.05. The molecule has 0 bridgehead atoms. The predicted molar refractivity (Wildman–Crippen MR) is 94.0 cm³/mol. The van der Waals surface area contributed by atoms with Crippen molar-refractivity contribution in [3.05, 3.63) is 72.3 Å². The molecule has 0 unspecified atom stereocenters. The zero-order valence-corrected chi connectivity index (χ0v) is 13.9. The van der Waals surface area contributed by atoms with Gasteiger partial charge in [-0.05, 0) is 35.4 Å². The highest BCUT2D eigenvalue weighted by Gasteiger charge is 2.29. The molecule has 1 amide bonds. The van der Waals surface area contributed by atoms with E-state index in [1.165, 1.54) is 17.7 Å². The normalized spacial score (nSPS) is 14.4. The third-order valence-electron chi connectivity index (χ3n) is 4.72. The van der Waals surface area contributed by atoms with Crippen LogP contribution in [0.15, 0.2) is 60.9 Å². The minimum atomic E-state index is -0.258. The van der Waals surface area contributed by atoms with Crippen molar-refractivity contribution in [2.75, 3.05) is 13.1 Å². The fourth-order valence-electron chi connectivity index (χ4n) is 3.10. The highest BCUT2D eigenvalue weighted by atomic mass is 19.1. The molecule has 1 aliphatic rings. The van der Waals surface area contributed by atoms with Crippen LogP contribution in [0.1, 0.15) is 18.4 Å². The van der Waals surface area contributed by atoms with Crippen molar-refractivity contribution in [2.24, 2.45) is 0 Å². The van der Waals surface area contributed by atoms with Crippen LogP contribution in [0.5, 0.6) is 0 Å². The van der Waals surface area contributed by atoms with E-state index in [1.54, 1.807) is 29.9 Å². The van der Waals surface area contributed by atoms with Crippen LogP contribution >= 0.6 is 0 Å².